The summed E-state index contributed by atoms with van der Waals surface area (Å²) >= 11 is 0. The molecule has 2 heteroatoms. The maximum absolute atomic E-state index is 11.7. The number of benzene rings is 1. The minimum absolute atomic E-state index is 0.0229. The fraction of sp³-hybridized carbons (Fsp3) is 0.643. The van der Waals surface area contributed by atoms with Crippen LogP contribution in [0, 0.1) is 28.1 Å². The third kappa shape index (κ3) is 2.05. The van der Waals surface area contributed by atoms with Crippen molar-refractivity contribution < 1.29 is 5.11 Å². The first-order valence-corrected chi connectivity index (χ1v) is 12.3. The summed E-state index contributed by atoms with van der Waals surface area (Å²) in [5.41, 5.74) is 8.13. The first-order chi connectivity index (χ1) is 14.3. The van der Waals surface area contributed by atoms with E-state index in [-0.39, 0.29) is 16.9 Å². The Bertz CT molecular complexity index is 1060. The second-order valence-corrected chi connectivity index (χ2v) is 11.6. The molecule has 5 aliphatic carbocycles. The molecule has 0 aliphatic heterocycles. The maximum atomic E-state index is 11.7. The predicted molar refractivity (Wildman–Crippen MR) is 123 cm³/mol. The average molecular weight is 404 g/mol. The number of nitrogens with one attached hydrogen (secondary N) is 1. The molecule has 2 fully saturated rings. The smallest absolute Gasteiger partial charge is 0.0639 e. The SMILES string of the molecule is CC(C)C12CCC3(C)C(C)CCC(O)C3(CC1)C1=C2Cc2[nH]c3ccccc3c2C1. The van der Waals surface area contributed by atoms with Gasteiger partial charge in [0.1, 0.15) is 0 Å². The fourth-order valence-electron chi connectivity index (χ4n) is 8.75. The zero-order valence-electron chi connectivity index (χ0n) is 19.1. The molecule has 2 N–H and O–H groups in total. The van der Waals surface area contributed by atoms with Crippen molar-refractivity contribution in [1.29, 1.82) is 0 Å². The first kappa shape index (κ1) is 19.2. The van der Waals surface area contributed by atoms with E-state index >= 15 is 0 Å². The summed E-state index contributed by atoms with van der Waals surface area (Å²) < 4.78 is 0. The average Bonchev–Trinajstić information content (AvgIpc) is 2.98. The van der Waals surface area contributed by atoms with Crippen LogP contribution in [0.15, 0.2) is 35.4 Å². The van der Waals surface area contributed by atoms with Crippen molar-refractivity contribution in [2.75, 3.05) is 0 Å². The Morgan fingerprint density at radius 2 is 1.77 bits per heavy atom. The Morgan fingerprint density at radius 3 is 2.57 bits per heavy atom. The third-order valence-corrected chi connectivity index (χ3v) is 10.8. The largest absolute Gasteiger partial charge is 0.392 e. The van der Waals surface area contributed by atoms with E-state index in [4.69, 9.17) is 0 Å². The van der Waals surface area contributed by atoms with Crippen LogP contribution >= 0.6 is 0 Å². The van der Waals surface area contributed by atoms with Gasteiger partial charge in [0.15, 0.2) is 0 Å². The number of hydrogen-bond donors (Lipinski definition) is 2. The summed E-state index contributed by atoms with van der Waals surface area (Å²) in [6.45, 7) is 9.95. The van der Waals surface area contributed by atoms with Crippen LogP contribution in [0.3, 0.4) is 0 Å². The van der Waals surface area contributed by atoms with Gasteiger partial charge in [-0.1, -0.05) is 57.0 Å². The van der Waals surface area contributed by atoms with E-state index in [1.807, 2.05) is 0 Å². The highest BCUT2D eigenvalue weighted by atomic mass is 16.3. The highest BCUT2D eigenvalue weighted by Crippen LogP contribution is 2.72. The molecule has 0 saturated heterocycles. The number of H-pyrrole nitrogens is 1. The van der Waals surface area contributed by atoms with E-state index < -0.39 is 0 Å². The van der Waals surface area contributed by atoms with Crippen molar-refractivity contribution in [1.82, 2.24) is 4.98 Å². The second-order valence-electron chi connectivity index (χ2n) is 11.6. The summed E-state index contributed by atoms with van der Waals surface area (Å²) in [6, 6.07) is 8.84. The lowest BCUT2D eigenvalue weighted by atomic mass is 9.44. The monoisotopic (exact) mass is 403 g/mol. The summed E-state index contributed by atoms with van der Waals surface area (Å²) in [4.78, 5) is 3.79. The van der Waals surface area contributed by atoms with Crippen molar-refractivity contribution in [2.45, 2.75) is 85.2 Å². The molecule has 1 heterocycles. The van der Waals surface area contributed by atoms with Gasteiger partial charge in [0, 0.05) is 28.4 Å². The number of aliphatic hydroxyl groups excluding tert-OH is 1. The van der Waals surface area contributed by atoms with Gasteiger partial charge in [-0.15, -0.1) is 0 Å². The fourth-order valence-corrected chi connectivity index (χ4v) is 8.75. The summed E-state index contributed by atoms with van der Waals surface area (Å²) in [7, 11) is 0. The standard InChI is InChI=1S/C28H37NO/c1-17(2)27-12-11-26(4)18(3)9-10-25(30)28(26,14-13-27)22-15-20-19-7-5-6-8-23(19)29-24(20)16-21(22)27/h5-8,17-18,25,29-30H,9-16H2,1-4H3. The number of aromatic nitrogens is 1. The molecule has 2 nitrogen and oxygen atoms in total. The van der Waals surface area contributed by atoms with E-state index in [0.29, 0.717) is 17.3 Å². The molecule has 7 rings (SSSR count). The number of rotatable bonds is 1. The molecule has 5 unspecified atom stereocenters. The lowest BCUT2D eigenvalue weighted by Gasteiger charge is -2.61. The van der Waals surface area contributed by atoms with Gasteiger partial charge in [0.2, 0.25) is 0 Å². The van der Waals surface area contributed by atoms with Gasteiger partial charge in [0.25, 0.3) is 0 Å². The molecule has 2 bridgehead atoms. The topological polar surface area (TPSA) is 36.0 Å². The normalized spacial score (nSPS) is 40.3. The van der Waals surface area contributed by atoms with Gasteiger partial charge >= 0.3 is 0 Å². The van der Waals surface area contributed by atoms with Gasteiger partial charge in [-0.25, -0.2) is 0 Å². The molecule has 0 radical (unpaired) electrons. The van der Waals surface area contributed by atoms with Crippen LogP contribution < -0.4 is 0 Å². The molecule has 1 aromatic heterocycles. The van der Waals surface area contributed by atoms with Crippen LogP contribution in [0.2, 0.25) is 0 Å². The number of aliphatic hydroxyl groups is 1. The zero-order chi connectivity index (χ0) is 20.9. The molecule has 1 aromatic carbocycles. The molecular formula is C28H37NO. The van der Waals surface area contributed by atoms with Gasteiger partial charge in [0.05, 0.1) is 6.10 Å². The first-order valence-electron chi connectivity index (χ1n) is 12.3. The summed E-state index contributed by atoms with van der Waals surface area (Å²) in [6.07, 6.45) is 9.09. The maximum Gasteiger partial charge on any atom is 0.0639 e. The van der Waals surface area contributed by atoms with Crippen LogP contribution in [0.25, 0.3) is 10.9 Å². The van der Waals surface area contributed by atoms with Crippen molar-refractivity contribution in [3.63, 3.8) is 0 Å². The highest BCUT2D eigenvalue weighted by Gasteiger charge is 2.65. The Labute approximate surface area is 181 Å². The van der Waals surface area contributed by atoms with E-state index in [1.165, 1.54) is 54.3 Å². The molecule has 2 aromatic rings. The van der Waals surface area contributed by atoms with Gasteiger partial charge < -0.3 is 10.1 Å². The third-order valence-electron chi connectivity index (χ3n) is 10.8. The van der Waals surface area contributed by atoms with E-state index in [0.717, 1.165) is 19.3 Å². The molecule has 30 heavy (non-hydrogen) atoms. The quantitative estimate of drug-likeness (QED) is 0.519. The minimum Gasteiger partial charge on any atom is -0.392 e. The van der Waals surface area contributed by atoms with Crippen molar-refractivity contribution in [2.24, 2.45) is 28.1 Å². The summed E-state index contributed by atoms with van der Waals surface area (Å²) in [5.74, 6) is 1.34. The van der Waals surface area contributed by atoms with Gasteiger partial charge in [-0.05, 0) is 79.2 Å². The van der Waals surface area contributed by atoms with Crippen LogP contribution in [-0.4, -0.2) is 16.2 Å². The van der Waals surface area contributed by atoms with Crippen LogP contribution in [0.1, 0.15) is 77.5 Å². The highest BCUT2D eigenvalue weighted by molar-refractivity contribution is 5.85. The lowest BCUT2D eigenvalue weighted by Crippen LogP contribution is -2.57. The number of hydrogen-bond acceptors (Lipinski definition) is 1. The Morgan fingerprint density at radius 1 is 1.00 bits per heavy atom. The van der Waals surface area contributed by atoms with Crippen LogP contribution in [-0.2, 0) is 12.8 Å². The Kier molecular flexibility index (Phi) is 3.85. The molecule has 1 spiro atoms. The van der Waals surface area contributed by atoms with Crippen molar-refractivity contribution in [3.05, 3.63) is 46.7 Å². The molecule has 0 amide bonds. The number of allylic oxidation sites excluding steroid dienone is 1. The van der Waals surface area contributed by atoms with Gasteiger partial charge in [-0.2, -0.15) is 0 Å². The lowest BCUT2D eigenvalue weighted by molar-refractivity contribution is -0.118. The number of fused-ring (bicyclic) bond motifs is 5. The Balaban J connectivity index is 1.63. The molecule has 5 aliphatic rings. The van der Waals surface area contributed by atoms with Crippen molar-refractivity contribution >= 4 is 10.9 Å². The molecule has 5 atom stereocenters. The number of aromatic amines is 1. The molecular weight excluding hydrogens is 366 g/mol. The number of para-hydroxylation sites is 1. The molecule has 160 valence electrons. The zero-order valence-corrected chi connectivity index (χ0v) is 19.1. The van der Waals surface area contributed by atoms with E-state index in [1.54, 1.807) is 11.1 Å². The van der Waals surface area contributed by atoms with E-state index in [2.05, 4.69) is 56.9 Å². The van der Waals surface area contributed by atoms with Crippen LogP contribution in [0.5, 0.6) is 0 Å². The van der Waals surface area contributed by atoms with Crippen molar-refractivity contribution in [3.8, 4) is 0 Å². The van der Waals surface area contributed by atoms with Crippen LogP contribution in [0.4, 0.5) is 0 Å². The van der Waals surface area contributed by atoms with Gasteiger partial charge in [-0.3, -0.25) is 0 Å². The summed E-state index contributed by atoms with van der Waals surface area (Å²) in [5, 5.41) is 13.1. The minimum atomic E-state index is -0.182. The second kappa shape index (κ2) is 6.03. The molecule has 2 saturated carbocycles. The Hall–Kier alpha value is -1.54. The predicted octanol–water partition coefficient (Wildman–Crippen LogP) is 6.58. The van der Waals surface area contributed by atoms with E-state index in [9.17, 15) is 5.11 Å².